The molecule has 3 heteroatoms. The summed E-state index contributed by atoms with van der Waals surface area (Å²) >= 11 is 0. The second kappa shape index (κ2) is 2.30. The predicted octanol–water partition coefficient (Wildman–Crippen LogP) is 1.15. The quantitative estimate of drug-likeness (QED) is 0.645. The zero-order valence-corrected chi connectivity index (χ0v) is 7.14. The molecule has 0 aliphatic carbocycles. The van der Waals surface area contributed by atoms with Gasteiger partial charge in [-0.1, -0.05) is 6.07 Å². The van der Waals surface area contributed by atoms with Crippen LogP contribution in [0.1, 0.15) is 11.1 Å². The lowest BCUT2D eigenvalue weighted by atomic mass is 9.87. The first-order chi connectivity index (χ1) is 6.30. The van der Waals surface area contributed by atoms with Crippen molar-refractivity contribution in [2.45, 2.75) is 12.2 Å². The summed E-state index contributed by atoms with van der Waals surface area (Å²) in [7, 11) is 0. The molecule has 68 valence electrons. The highest BCUT2D eigenvalue weighted by Gasteiger charge is 2.45. The van der Waals surface area contributed by atoms with E-state index in [0.29, 0.717) is 6.61 Å². The minimum atomic E-state index is -0.174. The fourth-order valence-electron chi connectivity index (χ4n) is 2.06. The van der Waals surface area contributed by atoms with Crippen LogP contribution >= 0.6 is 0 Å². The van der Waals surface area contributed by atoms with Crippen molar-refractivity contribution in [3.63, 3.8) is 0 Å². The summed E-state index contributed by atoms with van der Waals surface area (Å²) in [5.41, 5.74) is 2.03. The van der Waals surface area contributed by atoms with Crippen molar-refractivity contribution in [3.8, 4) is 0 Å². The lowest BCUT2D eigenvalue weighted by molar-refractivity contribution is -0.0746. The molecule has 1 fully saturated rings. The van der Waals surface area contributed by atoms with Crippen LogP contribution in [-0.4, -0.2) is 13.1 Å². The van der Waals surface area contributed by atoms with Gasteiger partial charge in [0.15, 0.2) is 0 Å². The van der Waals surface area contributed by atoms with Gasteiger partial charge in [-0.3, -0.25) is 0 Å². The Hall–Kier alpha value is -0.930. The van der Waals surface area contributed by atoms with Crippen molar-refractivity contribution in [3.05, 3.63) is 35.1 Å². The number of fused-ring (bicyclic) bond motifs is 2. The molecule has 1 N–H and O–H groups in total. The Morgan fingerprint density at radius 2 is 2.23 bits per heavy atom. The third-order valence-corrected chi connectivity index (χ3v) is 2.88. The molecule has 0 radical (unpaired) electrons. The first-order valence-corrected chi connectivity index (χ1v) is 4.44. The van der Waals surface area contributed by atoms with E-state index in [4.69, 9.17) is 4.74 Å². The molecule has 0 bridgehead atoms. The predicted molar refractivity (Wildman–Crippen MR) is 45.7 cm³/mol. The molecular formula is C10H10FNO. The highest BCUT2D eigenvalue weighted by molar-refractivity contribution is 5.38. The number of rotatable bonds is 0. The molecule has 3 rings (SSSR count). The van der Waals surface area contributed by atoms with Crippen molar-refractivity contribution in [1.29, 1.82) is 0 Å². The molecule has 1 aromatic rings. The molecule has 2 heterocycles. The van der Waals surface area contributed by atoms with Gasteiger partial charge < -0.3 is 10.1 Å². The summed E-state index contributed by atoms with van der Waals surface area (Å²) in [6.45, 7) is 2.26. The van der Waals surface area contributed by atoms with Crippen LogP contribution in [0.25, 0.3) is 0 Å². The van der Waals surface area contributed by atoms with Crippen molar-refractivity contribution in [2.75, 3.05) is 13.1 Å². The third-order valence-electron chi connectivity index (χ3n) is 2.88. The van der Waals surface area contributed by atoms with Gasteiger partial charge in [-0.25, -0.2) is 4.39 Å². The number of halogens is 1. The maximum absolute atomic E-state index is 12.9. The zero-order chi connectivity index (χ0) is 8.89. The van der Waals surface area contributed by atoms with E-state index < -0.39 is 0 Å². The average molecular weight is 179 g/mol. The summed E-state index contributed by atoms with van der Waals surface area (Å²) in [5.74, 6) is -0.174. The smallest absolute Gasteiger partial charge is 0.123 e. The molecular weight excluding hydrogens is 169 g/mol. The molecule has 2 aliphatic heterocycles. The maximum atomic E-state index is 12.9. The van der Waals surface area contributed by atoms with E-state index in [1.807, 2.05) is 6.07 Å². The maximum Gasteiger partial charge on any atom is 0.123 e. The van der Waals surface area contributed by atoms with Crippen LogP contribution in [0.15, 0.2) is 18.2 Å². The van der Waals surface area contributed by atoms with Crippen LogP contribution in [0.5, 0.6) is 0 Å². The van der Waals surface area contributed by atoms with Gasteiger partial charge in [0, 0.05) is 13.1 Å². The third kappa shape index (κ3) is 0.885. The summed E-state index contributed by atoms with van der Waals surface area (Å²) in [4.78, 5) is 0. The minimum Gasteiger partial charge on any atom is -0.363 e. The van der Waals surface area contributed by atoms with Crippen LogP contribution in [0.4, 0.5) is 4.39 Å². The molecule has 2 aliphatic rings. The standard InChI is InChI=1S/C10H10FNO/c11-8-1-2-9-7(3-8)4-13-10(9)5-12-6-10/h1-3,12H,4-6H2. The Balaban J connectivity index is 2.11. The van der Waals surface area contributed by atoms with E-state index in [9.17, 15) is 4.39 Å². The van der Waals surface area contributed by atoms with Crippen LogP contribution in [0.2, 0.25) is 0 Å². The van der Waals surface area contributed by atoms with Crippen molar-refractivity contribution < 1.29 is 9.13 Å². The van der Waals surface area contributed by atoms with Crippen LogP contribution in [-0.2, 0) is 16.9 Å². The van der Waals surface area contributed by atoms with Crippen molar-refractivity contribution in [1.82, 2.24) is 5.32 Å². The summed E-state index contributed by atoms with van der Waals surface area (Å²) in [6.07, 6.45) is 0. The molecule has 1 aromatic carbocycles. The fraction of sp³-hybridized carbons (Fsp3) is 0.400. The minimum absolute atomic E-state index is 0.136. The number of benzene rings is 1. The van der Waals surface area contributed by atoms with E-state index in [1.165, 1.54) is 6.07 Å². The lowest BCUT2D eigenvalue weighted by Crippen LogP contribution is -2.56. The zero-order valence-electron chi connectivity index (χ0n) is 7.14. The van der Waals surface area contributed by atoms with Gasteiger partial charge in [-0.15, -0.1) is 0 Å². The Bertz CT molecular complexity index is 360. The van der Waals surface area contributed by atoms with E-state index in [1.54, 1.807) is 6.07 Å². The largest absolute Gasteiger partial charge is 0.363 e. The molecule has 1 spiro atoms. The van der Waals surface area contributed by atoms with Gasteiger partial charge in [-0.05, 0) is 23.3 Å². The van der Waals surface area contributed by atoms with E-state index in [-0.39, 0.29) is 11.4 Å². The second-order valence-electron chi connectivity index (χ2n) is 3.69. The van der Waals surface area contributed by atoms with E-state index >= 15 is 0 Å². The molecule has 0 unspecified atom stereocenters. The SMILES string of the molecule is Fc1ccc2c(c1)COC21CNC1. The highest BCUT2D eigenvalue weighted by Crippen LogP contribution is 2.39. The molecule has 13 heavy (non-hydrogen) atoms. The molecule has 0 atom stereocenters. The Labute approximate surface area is 75.7 Å². The van der Waals surface area contributed by atoms with Crippen LogP contribution < -0.4 is 5.32 Å². The van der Waals surface area contributed by atoms with Gasteiger partial charge in [0.05, 0.1) is 6.61 Å². The summed E-state index contributed by atoms with van der Waals surface area (Å²) in [6, 6.07) is 4.93. The van der Waals surface area contributed by atoms with Gasteiger partial charge in [0.2, 0.25) is 0 Å². The fourth-order valence-corrected chi connectivity index (χ4v) is 2.06. The highest BCUT2D eigenvalue weighted by atomic mass is 19.1. The lowest BCUT2D eigenvalue weighted by Gasteiger charge is -2.38. The molecule has 1 saturated heterocycles. The Morgan fingerprint density at radius 1 is 1.38 bits per heavy atom. The van der Waals surface area contributed by atoms with Gasteiger partial charge in [0.25, 0.3) is 0 Å². The first-order valence-electron chi connectivity index (χ1n) is 4.44. The number of nitrogens with one attached hydrogen (secondary N) is 1. The van der Waals surface area contributed by atoms with Gasteiger partial charge in [0.1, 0.15) is 11.4 Å². The van der Waals surface area contributed by atoms with E-state index in [0.717, 1.165) is 24.2 Å². The van der Waals surface area contributed by atoms with Crippen molar-refractivity contribution in [2.24, 2.45) is 0 Å². The molecule has 0 amide bonds. The second-order valence-corrected chi connectivity index (χ2v) is 3.69. The van der Waals surface area contributed by atoms with E-state index in [2.05, 4.69) is 5.32 Å². The molecule has 2 nitrogen and oxygen atoms in total. The van der Waals surface area contributed by atoms with Crippen LogP contribution in [0, 0.1) is 5.82 Å². The topological polar surface area (TPSA) is 21.3 Å². The first kappa shape index (κ1) is 7.47. The molecule has 0 aromatic heterocycles. The normalized spacial score (nSPS) is 22.8. The monoisotopic (exact) mass is 179 g/mol. The number of hydrogen-bond acceptors (Lipinski definition) is 2. The van der Waals surface area contributed by atoms with Crippen molar-refractivity contribution >= 4 is 0 Å². The summed E-state index contributed by atoms with van der Waals surface area (Å²) < 4.78 is 18.5. The molecule has 0 saturated carbocycles. The Morgan fingerprint density at radius 3 is 2.92 bits per heavy atom. The Kier molecular flexibility index (Phi) is 1.32. The average Bonchev–Trinajstić information content (AvgIpc) is 2.41. The summed E-state index contributed by atoms with van der Waals surface area (Å²) in [5, 5.41) is 3.18. The van der Waals surface area contributed by atoms with Gasteiger partial charge >= 0.3 is 0 Å². The van der Waals surface area contributed by atoms with Gasteiger partial charge in [-0.2, -0.15) is 0 Å². The number of hydrogen-bond donors (Lipinski definition) is 1. The van der Waals surface area contributed by atoms with Crippen LogP contribution in [0.3, 0.4) is 0 Å². The number of ether oxygens (including phenoxy) is 1.